The minimum atomic E-state index is -0.276. The normalized spacial score (nSPS) is 21.3. The minimum Gasteiger partial charge on any atom is -0.391 e. The van der Waals surface area contributed by atoms with E-state index in [1.54, 1.807) is 12.4 Å². The largest absolute Gasteiger partial charge is 0.391 e. The molecule has 1 saturated carbocycles. The van der Waals surface area contributed by atoms with Crippen molar-refractivity contribution in [1.29, 1.82) is 0 Å². The van der Waals surface area contributed by atoms with E-state index in [0.29, 0.717) is 0 Å². The van der Waals surface area contributed by atoms with Gasteiger partial charge in [0.1, 0.15) is 5.82 Å². The zero-order valence-corrected chi connectivity index (χ0v) is 12.2. The van der Waals surface area contributed by atoms with Gasteiger partial charge in [0.2, 0.25) is 0 Å². The topological polar surface area (TPSA) is 55.9 Å². The van der Waals surface area contributed by atoms with E-state index >= 15 is 0 Å². The fourth-order valence-corrected chi connectivity index (χ4v) is 3.26. The highest BCUT2D eigenvalue weighted by Gasteiger charge is 2.28. The first-order valence-electron chi connectivity index (χ1n) is 7.64. The van der Waals surface area contributed by atoms with Gasteiger partial charge in [-0.1, -0.05) is 12.1 Å². The highest BCUT2D eigenvalue weighted by molar-refractivity contribution is 5.59. The molecule has 2 heterocycles. The summed E-state index contributed by atoms with van der Waals surface area (Å²) >= 11 is 0. The van der Waals surface area contributed by atoms with Crippen LogP contribution in [0.3, 0.4) is 0 Å². The van der Waals surface area contributed by atoms with Crippen LogP contribution in [0.2, 0.25) is 0 Å². The Balaban J connectivity index is 1.74. The van der Waals surface area contributed by atoms with Crippen LogP contribution in [0.5, 0.6) is 0 Å². The van der Waals surface area contributed by atoms with Gasteiger partial charge in [-0.3, -0.25) is 0 Å². The average Bonchev–Trinajstić information content (AvgIpc) is 3.28. The van der Waals surface area contributed by atoms with Gasteiger partial charge >= 0.3 is 0 Å². The molecule has 112 valence electrons. The van der Waals surface area contributed by atoms with Gasteiger partial charge in [-0.2, -0.15) is 5.10 Å². The van der Waals surface area contributed by atoms with Gasteiger partial charge in [0.25, 0.3) is 0 Å². The summed E-state index contributed by atoms with van der Waals surface area (Å²) < 4.78 is 3.95. The summed E-state index contributed by atoms with van der Waals surface area (Å²) in [6, 6.07) is 10.2. The van der Waals surface area contributed by atoms with E-state index in [-0.39, 0.29) is 12.1 Å². The zero-order valence-electron chi connectivity index (χ0n) is 12.2. The maximum absolute atomic E-state index is 10.2. The molecule has 1 aliphatic rings. The molecule has 0 saturated heterocycles. The number of aliphatic hydroxyl groups excluding tert-OH is 1. The molecule has 5 nitrogen and oxygen atoms in total. The van der Waals surface area contributed by atoms with Gasteiger partial charge in [-0.15, -0.1) is 0 Å². The number of benzene rings is 1. The molecular weight excluding hydrogens is 276 g/mol. The summed E-state index contributed by atoms with van der Waals surface area (Å²) in [6.07, 6.45) is 10.1. The molecule has 22 heavy (non-hydrogen) atoms. The summed E-state index contributed by atoms with van der Waals surface area (Å²) in [5.74, 6) is 0.903. The molecule has 0 amide bonds. The first kappa shape index (κ1) is 13.3. The molecule has 0 radical (unpaired) electrons. The first-order valence-corrected chi connectivity index (χ1v) is 7.64. The lowest BCUT2D eigenvalue weighted by Crippen LogP contribution is -2.18. The van der Waals surface area contributed by atoms with Crippen LogP contribution in [0, 0.1) is 0 Å². The van der Waals surface area contributed by atoms with Gasteiger partial charge in [0.05, 0.1) is 17.8 Å². The molecule has 4 rings (SSSR count). The molecule has 2 aromatic heterocycles. The van der Waals surface area contributed by atoms with Crippen molar-refractivity contribution in [3.05, 3.63) is 55.1 Å². The van der Waals surface area contributed by atoms with Crippen LogP contribution < -0.4 is 0 Å². The predicted molar refractivity (Wildman–Crippen MR) is 83.7 cm³/mol. The van der Waals surface area contributed by atoms with Crippen LogP contribution in [0.25, 0.3) is 17.1 Å². The summed E-state index contributed by atoms with van der Waals surface area (Å²) in [5, 5.41) is 14.4. The first-order chi connectivity index (χ1) is 10.8. The maximum atomic E-state index is 10.2. The molecule has 5 heteroatoms. The van der Waals surface area contributed by atoms with Crippen molar-refractivity contribution < 1.29 is 5.11 Å². The van der Waals surface area contributed by atoms with Gasteiger partial charge < -0.3 is 9.67 Å². The van der Waals surface area contributed by atoms with E-state index < -0.39 is 0 Å². The molecule has 1 aromatic carbocycles. The third-order valence-corrected chi connectivity index (χ3v) is 4.34. The number of aromatic nitrogens is 4. The van der Waals surface area contributed by atoms with E-state index in [1.165, 1.54) is 0 Å². The Morgan fingerprint density at radius 1 is 1.09 bits per heavy atom. The fraction of sp³-hybridized carbons (Fsp3) is 0.294. The van der Waals surface area contributed by atoms with Crippen molar-refractivity contribution in [2.24, 2.45) is 0 Å². The van der Waals surface area contributed by atoms with Crippen molar-refractivity contribution >= 4 is 0 Å². The standard InChI is InChI=1S/C17H18N4O/c22-16-7-2-6-15(16)20-11-9-18-17(20)13-4-1-5-14(12-13)21-10-3-8-19-21/h1,3-5,8-12,15-16,22H,2,6-7H2/t15-,16-/m0/s1. The Morgan fingerprint density at radius 2 is 2.05 bits per heavy atom. The lowest BCUT2D eigenvalue weighted by Gasteiger charge is -2.19. The molecule has 0 unspecified atom stereocenters. The van der Waals surface area contributed by atoms with Gasteiger partial charge in [-0.25, -0.2) is 9.67 Å². The number of rotatable bonds is 3. The smallest absolute Gasteiger partial charge is 0.140 e. The summed E-state index contributed by atoms with van der Waals surface area (Å²) in [4.78, 5) is 4.51. The molecule has 0 spiro atoms. The summed E-state index contributed by atoms with van der Waals surface area (Å²) in [6.45, 7) is 0. The number of nitrogens with zero attached hydrogens (tertiary/aromatic N) is 4. The van der Waals surface area contributed by atoms with Crippen molar-refractivity contribution in [1.82, 2.24) is 19.3 Å². The summed E-state index contributed by atoms with van der Waals surface area (Å²) in [5.41, 5.74) is 2.04. The Morgan fingerprint density at radius 3 is 2.82 bits per heavy atom. The Labute approximate surface area is 128 Å². The zero-order chi connectivity index (χ0) is 14.9. The Kier molecular flexibility index (Phi) is 3.27. The van der Waals surface area contributed by atoms with Crippen molar-refractivity contribution in [2.45, 2.75) is 31.4 Å². The van der Waals surface area contributed by atoms with Crippen LogP contribution in [0.1, 0.15) is 25.3 Å². The monoisotopic (exact) mass is 294 g/mol. The van der Waals surface area contributed by atoms with Gasteiger partial charge in [-0.05, 0) is 37.5 Å². The van der Waals surface area contributed by atoms with Crippen molar-refractivity contribution in [2.75, 3.05) is 0 Å². The third kappa shape index (κ3) is 2.23. The number of hydrogen-bond donors (Lipinski definition) is 1. The highest BCUT2D eigenvalue weighted by Crippen LogP contribution is 2.33. The maximum Gasteiger partial charge on any atom is 0.140 e. The van der Waals surface area contributed by atoms with E-state index in [4.69, 9.17) is 0 Å². The SMILES string of the molecule is O[C@H]1CCC[C@@H]1n1ccnc1-c1cccc(-n2cccn2)c1. The lowest BCUT2D eigenvalue weighted by atomic mass is 10.1. The predicted octanol–water partition coefficient (Wildman–Crippen LogP) is 2.82. The number of hydrogen-bond acceptors (Lipinski definition) is 3. The van der Waals surface area contributed by atoms with Crippen LogP contribution >= 0.6 is 0 Å². The molecule has 1 fully saturated rings. The van der Waals surface area contributed by atoms with E-state index in [2.05, 4.69) is 20.7 Å². The summed E-state index contributed by atoms with van der Waals surface area (Å²) in [7, 11) is 0. The minimum absolute atomic E-state index is 0.130. The van der Waals surface area contributed by atoms with Gasteiger partial charge in [0, 0.05) is 30.4 Å². The van der Waals surface area contributed by atoms with Gasteiger partial charge in [0.15, 0.2) is 0 Å². The van der Waals surface area contributed by atoms with Crippen molar-refractivity contribution in [3.63, 3.8) is 0 Å². The Hall–Kier alpha value is -2.40. The molecule has 0 aliphatic heterocycles. The van der Waals surface area contributed by atoms with Crippen molar-refractivity contribution in [3.8, 4) is 17.1 Å². The highest BCUT2D eigenvalue weighted by atomic mass is 16.3. The lowest BCUT2D eigenvalue weighted by molar-refractivity contribution is 0.137. The number of imidazole rings is 1. The number of aliphatic hydroxyl groups is 1. The fourth-order valence-electron chi connectivity index (χ4n) is 3.26. The third-order valence-electron chi connectivity index (χ3n) is 4.34. The molecule has 3 aromatic rings. The quantitative estimate of drug-likeness (QED) is 0.808. The molecule has 1 aliphatic carbocycles. The second-order valence-corrected chi connectivity index (χ2v) is 5.72. The van der Waals surface area contributed by atoms with E-state index in [9.17, 15) is 5.11 Å². The van der Waals surface area contributed by atoms with Crippen LogP contribution in [0.15, 0.2) is 55.1 Å². The van der Waals surface area contributed by atoms with Crippen LogP contribution in [-0.2, 0) is 0 Å². The van der Waals surface area contributed by atoms with E-state index in [0.717, 1.165) is 36.3 Å². The van der Waals surface area contributed by atoms with Crippen LogP contribution in [0.4, 0.5) is 0 Å². The molecule has 1 N–H and O–H groups in total. The van der Waals surface area contributed by atoms with E-state index in [1.807, 2.05) is 41.3 Å². The molecule has 2 atom stereocenters. The molecular formula is C17H18N4O. The second kappa shape index (κ2) is 5.42. The Bertz CT molecular complexity index is 763. The van der Waals surface area contributed by atoms with Crippen LogP contribution in [-0.4, -0.2) is 30.5 Å². The second-order valence-electron chi connectivity index (χ2n) is 5.72. The molecule has 0 bridgehead atoms. The average molecular weight is 294 g/mol.